The Morgan fingerprint density at radius 1 is 1.30 bits per heavy atom. The Bertz CT molecular complexity index is 716. The van der Waals surface area contributed by atoms with Crippen LogP contribution in [-0.4, -0.2) is 27.6 Å². The molecule has 9 heteroatoms. The highest BCUT2D eigenvalue weighted by Gasteiger charge is 2.23. The number of benzene rings is 1. The third-order valence-corrected chi connectivity index (χ3v) is 4.04. The summed E-state index contributed by atoms with van der Waals surface area (Å²) in [5, 5.41) is 7.20. The van der Waals surface area contributed by atoms with E-state index in [-0.39, 0.29) is 0 Å². The Balaban J connectivity index is 2.01. The minimum absolute atomic E-state index is 0.304. The zero-order chi connectivity index (χ0) is 17.0. The van der Waals surface area contributed by atoms with Gasteiger partial charge in [-0.1, -0.05) is 34.6 Å². The quantitative estimate of drug-likeness (QED) is 0.809. The molecule has 1 heterocycles. The Labute approximate surface area is 146 Å². The molecule has 0 aliphatic heterocycles. The second kappa shape index (κ2) is 7.72. The van der Waals surface area contributed by atoms with Crippen molar-refractivity contribution in [2.45, 2.75) is 26.4 Å². The second-order valence-corrected chi connectivity index (χ2v) is 6.22. The van der Waals surface area contributed by atoms with E-state index in [2.05, 4.69) is 14.9 Å². The number of ether oxygens (including phenoxy) is 1. The molecule has 2 rings (SSSR count). The van der Waals surface area contributed by atoms with Crippen LogP contribution in [0.5, 0.6) is 0 Å². The van der Waals surface area contributed by atoms with Crippen molar-refractivity contribution in [3.8, 4) is 0 Å². The third kappa shape index (κ3) is 4.63. The Morgan fingerprint density at radius 3 is 2.57 bits per heavy atom. The van der Waals surface area contributed by atoms with E-state index < -0.39 is 18.0 Å². The van der Waals surface area contributed by atoms with E-state index in [0.717, 1.165) is 11.5 Å². The number of carbonyl (C=O) groups is 2. The summed E-state index contributed by atoms with van der Waals surface area (Å²) in [6, 6.07) is 4.63. The third-order valence-electron chi connectivity index (χ3n) is 2.86. The number of nitrogens with one attached hydrogen (secondary N) is 1. The number of anilines is 1. The van der Waals surface area contributed by atoms with Crippen molar-refractivity contribution >= 4 is 52.3 Å². The monoisotopic (exact) mass is 373 g/mol. The Kier molecular flexibility index (Phi) is 5.92. The fourth-order valence-electron chi connectivity index (χ4n) is 1.73. The molecule has 0 unspecified atom stereocenters. The second-order valence-electron chi connectivity index (χ2n) is 4.60. The van der Waals surface area contributed by atoms with E-state index >= 15 is 0 Å². The minimum Gasteiger partial charge on any atom is -0.448 e. The number of hydrogen-bond donors (Lipinski definition) is 1. The molecular formula is C14H13Cl2N3O3S. The molecule has 0 bridgehead atoms. The number of nitrogens with zero attached hydrogens (tertiary/aromatic N) is 2. The van der Waals surface area contributed by atoms with Crippen molar-refractivity contribution in [1.82, 2.24) is 9.59 Å². The van der Waals surface area contributed by atoms with E-state index in [0.29, 0.717) is 32.7 Å². The highest BCUT2D eigenvalue weighted by atomic mass is 35.5. The minimum atomic E-state index is -0.993. The van der Waals surface area contributed by atoms with Crippen LogP contribution < -0.4 is 5.32 Å². The number of amides is 1. The van der Waals surface area contributed by atoms with E-state index in [1.165, 1.54) is 6.92 Å². The molecule has 1 N–H and O–H groups in total. The summed E-state index contributed by atoms with van der Waals surface area (Å²) < 4.78 is 8.86. The lowest BCUT2D eigenvalue weighted by molar-refractivity contribution is -0.123. The van der Waals surface area contributed by atoms with Crippen molar-refractivity contribution in [1.29, 1.82) is 0 Å². The Morgan fingerprint density at radius 2 is 1.96 bits per heavy atom. The number of esters is 1. The van der Waals surface area contributed by atoms with Gasteiger partial charge in [-0.05, 0) is 43.1 Å². The largest absolute Gasteiger partial charge is 0.448 e. The van der Waals surface area contributed by atoms with Crippen LogP contribution in [0.1, 0.15) is 29.2 Å². The van der Waals surface area contributed by atoms with Gasteiger partial charge in [0.15, 0.2) is 11.0 Å². The average Bonchev–Trinajstić information content (AvgIpc) is 2.94. The molecule has 0 spiro atoms. The van der Waals surface area contributed by atoms with Gasteiger partial charge in [0.05, 0.1) is 5.69 Å². The van der Waals surface area contributed by atoms with Crippen LogP contribution in [0.2, 0.25) is 10.0 Å². The van der Waals surface area contributed by atoms with Crippen LogP contribution in [0.3, 0.4) is 0 Å². The lowest BCUT2D eigenvalue weighted by Gasteiger charge is -2.13. The van der Waals surface area contributed by atoms with Crippen LogP contribution in [0.25, 0.3) is 0 Å². The zero-order valence-corrected chi connectivity index (χ0v) is 14.6. The van der Waals surface area contributed by atoms with Crippen molar-refractivity contribution in [3.63, 3.8) is 0 Å². The van der Waals surface area contributed by atoms with Crippen molar-refractivity contribution in [3.05, 3.63) is 38.8 Å². The van der Waals surface area contributed by atoms with Crippen molar-refractivity contribution < 1.29 is 14.3 Å². The van der Waals surface area contributed by atoms with Crippen LogP contribution in [0.15, 0.2) is 18.2 Å². The van der Waals surface area contributed by atoms with Crippen molar-refractivity contribution in [2.75, 3.05) is 5.32 Å². The average molecular weight is 374 g/mol. The number of aryl methyl sites for hydroxylation is 1. The van der Waals surface area contributed by atoms with Gasteiger partial charge in [0.1, 0.15) is 0 Å². The topological polar surface area (TPSA) is 81.2 Å². The molecule has 1 aromatic carbocycles. The highest BCUT2D eigenvalue weighted by molar-refractivity contribution is 7.07. The normalized spacial score (nSPS) is 11.8. The van der Waals surface area contributed by atoms with Crippen LogP contribution in [0.4, 0.5) is 5.69 Å². The van der Waals surface area contributed by atoms with Gasteiger partial charge in [0.2, 0.25) is 0 Å². The number of rotatable bonds is 5. The van der Waals surface area contributed by atoms with Gasteiger partial charge in [-0.25, -0.2) is 4.79 Å². The summed E-state index contributed by atoms with van der Waals surface area (Å²) in [6.07, 6.45) is -0.435. The van der Waals surface area contributed by atoms with Gasteiger partial charge in [-0.2, -0.15) is 0 Å². The van der Waals surface area contributed by atoms with Gasteiger partial charge in [-0.3, -0.25) is 4.79 Å². The first-order chi connectivity index (χ1) is 10.9. The molecule has 6 nitrogen and oxygen atoms in total. The van der Waals surface area contributed by atoms with Gasteiger partial charge < -0.3 is 10.1 Å². The summed E-state index contributed by atoms with van der Waals surface area (Å²) in [6.45, 7) is 3.33. The number of halogens is 2. The molecule has 1 atom stereocenters. The first-order valence-electron chi connectivity index (χ1n) is 6.70. The maximum atomic E-state index is 12.1. The molecule has 0 aliphatic carbocycles. The Hall–Kier alpha value is -1.70. The molecule has 122 valence electrons. The molecule has 1 amide bonds. The number of aromatic nitrogens is 2. The predicted molar refractivity (Wildman–Crippen MR) is 89.3 cm³/mol. The fraction of sp³-hybridized carbons (Fsp3) is 0.286. The fourth-order valence-corrected chi connectivity index (χ4v) is 2.89. The van der Waals surface area contributed by atoms with Crippen LogP contribution in [-0.2, 0) is 16.0 Å². The maximum Gasteiger partial charge on any atom is 0.352 e. The van der Waals surface area contributed by atoms with Gasteiger partial charge in [-0.15, -0.1) is 5.10 Å². The number of carbonyl (C=O) groups excluding carboxylic acids is 2. The molecule has 0 saturated carbocycles. The van der Waals surface area contributed by atoms with Crippen LogP contribution >= 0.6 is 34.7 Å². The molecule has 1 aromatic heterocycles. The molecule has 23 heavy (non-hydrogen) atoms. The van der Waals surface area contributed by atoms with Gasteiger partial charge >= 0.3 is 5.97 Å². The molecule has 0 saturated heterocycles. The zero-order valence-electron chi connectivity index (χ0n) is 12.3. The molecule has 2 aromatic rings. The maximum absolute atomic E-state index is 12.1. The standard InChI is InChI=1S/C14H13Cl2N3O3S/c1-3-11-12(23-19-18-11)14(21)22-7(2)13(20)17-10-5-8(15)4-9(16)6-10/h4-7H,3H2,1-2H3,(H,17,20)/t7-/m0/s1. The summed E-state index contributed by atoms with van der Waals surface area (Å²) in [5.41, 5.74) is 0.971. The van der Waals surface area contributed by atoms with E-state index in [1.54, 1.807) is 18.2 Å². The summed E-state index contributed by atoms with van der Waals surface area (Å²) in [5.74, 6) is -1.11. The first kappa shape index (κ1) is 17.7. The lowest BCUT2D eigenvalue weighted by atomic mass is 10.3. The molecule has 0 radical (unpaired) electrons. The van der Waals surface area contributed by atoms with Gasteiger partial charge in [0.25, 0.3) is 5.91 Å². The highest BCUT2D eigenvalue weighted by Crippen LogP contribution is 2.22. The number of hydrogen-bond acceptors (Lipinski definition) is 6. The summed E-state index contributed by atoms with van der Waals surface area (Å²) in [4.78, 5) is 24.4. The molecule has 0 fully saturated rings. The summed E-state index contributed by atoms with van der Waals surface area (Å²) >= 11 is 12.7. The lowest BCUT2D eigenvalue weighted by Crippen LogP contribution is -2.30. The van der Waals surface area contributed by atoms with Gasteiger partial charge in [0, 0.05) is 15.7 Å². The van der Waals surface area contributed by atoms with E-state index in [9.17, 15) is 9.59 Å². The predicted octanol–water partition coefficient (Wildman–Crippen LogP) is 3.59. The van der Waals surface area contributed by atoms with Crippen LogP contribution in [0, 0.1) is 0 Å². The van der Waals surface area contributed by atoms with Crippen molar-refractivity contribution in [2.24, 2.45) is 0 Å². The molecular weight excluding hydrogens is 361 g/mol. The first-order valence-corrected chi connectivity index (χ1v) is 8.22. The van der Waals surface area contributed by atoms with E-state index in [4.69, 9.17) is 27.9 Å². The molecule has 0 aliphatic rings. The SMILES string of the molecule is CCc1nnsc1C(=O)O[C@@H](C)C(=O)Nc1cc(Cl)cc(Cl)c1. The smallest absolute Gasteiger partial charge is 0.352 e. The van der Waals surface area contributed by atoms with E-state index in [1.807, 2.05) is 6.92 Å². The summed E-state index contributed by atoms with van der Waals surface area (Å²) in [7, 11) is 0.